The van der Waals surface area contributed by atoms with Gasteiger partial charge in [0.15, 0.2) is 0 Å². The lowest BCUT2D eigenvalue weighted by atomic mass is 9.93. The van der Waals surface area contributed by atoms with Crippen LogP contribution in [0.25, 0.3) is 5.69 Å². The molecule has 0 spiro atoms. The standard InChI is InChI=1S/C29H39N3O2/c1-6-27-26(28(7-2)32(30-27)29-21(4)14-20(3)15-22(29)5)18-31-17-24-11-9-8-10-23(24)16-25(31)19-34-13-12-33/h8-11,14-15,25,33H,6-7,12-13,16-19H2,1-5H3. The molecule has 0 aliphatic carbocycles. The van der Waals surface area contributed by atoms with Gasteiger partial charge < -0.3 is 9.84 Å². The zero-order valence-electron chi connectivity index (χ0n) is 21.4. The van der Waals surface area contributed by atoms with Gasteiger partial charge in [-0.1, -0.05) is 55.8 Å². The Balaban J connectivity index is 1.72. The Kier molecular flexibility index (Phi) is 7.87. The number of aliphatic hydroxyl groups excluding tert-OH is 1. The average molecular weight is 462 g/mol. The van der Waals surface area contributed by atoms with Crippen molar-refractivity contribution < 1.29 is 9.84 Å². The van der Waals surface area contributed by atoms with Crippen LogP contribution < -0.4 is 0 Å². The minimum atomic E-state index is 0.0608. The molecule has 1 aliphatic heterocycles. The van der Waals surface area contributed by atoms with Crippen molar-refractivity contribution in [3.63, 3.8) is 0 Å². The van der Waals surface area contributed by atoms with Gasteiger partial charge in [-0.25, -0.2) is 4.68 Å². The minimum Gasteiger partial charge on any atom is -0.394 e. The maximum absolute atomic E-state index is 9.21. The molecular weight excluding hydrogens is 422 g/mol. The van der Waals surface area contributed by atoms with E-state index in [4.69, 9.17) is 9.84 Å². The first-order valence-electron chi connectivity index (χ1n) is 12.6. The summed E-state index contributed by atoms with van der Waals surface area (Å²) in [7, 11) is 0. The summed E-state index contributed by atoms with van der Waals surface area (Å²) in [6, 6.07) is 13.5. The van der Waals surface area contributed by atoms with Crippen molar-refractivity contribution in [3.8, 4) is 5.69 Å². The highest BCUT2D eigenvalue weighted by Crippen LogP contribution is 2.30. The fraction of sp³-hybridized carbons (Fsp3) is 0.483. The van der Waals surface area contributed by atoms with Crippen molar-refractivity contribution >= 4 is 0 Å². The second kappa shape index (κ2) is 10.9. The van der Waals surface area contributed by atoms with E-state index < -0.39 is 0 Å². The Labute approximate surface area is 204 Å². The Morgan fingerprint density at radius 3 is 2.38 bits per heavy atom. The number of fused-ring (bicyclic) bond motifs is 1. The molecule has 1 unspecified atom stereocenters. The molecule has 1 aliphatic rings. The van der Waals surface area contributed by atoms with Gasteiger partial charge in [-0.15, -0.1) is 0 Å². The number of rotatable bonds is 9. The topological polar surface area (TPSA) is 50.5 Å². The Bertz CT molecular complexity index is 1110. The van der Waals surface area contributed by atoms with Crippen LogP contribution in [-0.4, -0.2) is 45.6 Å². The normalized spacial score (nSPS) is 16.1. The van der Waals surface area contributed by atoms with Gasteiger partial charge >= 0.3 is 0 Å². The maximum Gasteiger partial charge on any atom is 0.0707 e. The number of nitrogens with zero attached hydrogens (tertiary/aromatic N) is 3. The van der Waals surface area contributed by atoms with Crippen LogP contribution in [-0.2, 0) is 37.1 Å². The molecule has 0 radical (unpaired) electrons. The van der Waals surface area contributed by atoms with Crippen LogP contribution in [0.3, 0.4) is 0 Å². The first-order valence-corrected chi connectivity index (χ1v) is 12.6. The smallest absolute Gasteiger partial charge is 0.0707 e. The van der Waals surface area contributed by atoms with Crippen molar-refractivity contribution in [2.24, 2.45) is 0 Å². The molecule has 0 saturated heterocycles. The summed E-state index contributed by atoms with van der Waals surface area (Å²) < 4.78 is 8.04. The number of hydrogen-bond donors (Lipinski definition) is 1. The van der Waals surface area contributed by atoms with Gasteiger partial charge in [-0.3, -0.25) is 4.90 Å². The molecule has 2 aromatic carbocycles. The van der Waals surface area contributed by atoms with Crippen molar-refractivity contribution in [1.82, 2.24) is 14.7 Å². The van der Waals surface area contributed by atoms with Gasteiger partial charge in [0.2, 0.25) is 0 Å². The number of aliphatic hydroxyl groups is 1. The lowest BCUT2D eigenvalue weighted by Crippen LogP contribution is -2.43. The molecule has 1 atom stereocenters. The van der Waals surface area contributed by atoms with Crippen LogP contribution in [0, 0.1) is 20.8 Å². The molecule has 0 amide bonds. The third-order valence-electron chi connectivity index (χ3n) is 7.06. The predicted octanol–water partition coefficient (Wildman–Crippen LogP) is 4.86. The third-order valence-corrected chi connectivity index (χ3v) is 7.06. The largest absolute Gasteiger partial charge is 0.394 e. The van der Waals surface area contributed by atoms with Crippen LogP contribution in [0.5, 0.6) is 0 Å². The summed E-state index contributed by atoms with van der Waals surface area (Å²) in [6.07, 6.45) is 2.81. The molecule has 0 bridgehead atoms. The molecule has 0 fully saturated rings. The number of aromatic nitrogens is 2. The number of hydrogen-bond acceptors (Lipinski definition) is 4. The van der Waals surface area contributed by atoms with E-state index >= 15 is 0 Å². The molecule has 182 valence electrons. The zero-order valence-corrected chi connectivity index (χ0v) is 21.4. The van der Waals surface area contributed by atoms with Crippen LogP contribution in [0.4, 0.5) is 0 Å². The van der Waals surface area contributed by atoms with E-state index in [1.165, 1.54) is 50.5 Å². The van der Waals surface area contributed by atoms with Crippen LogP contribution in [0.2, 0.25) is 0 Å². The highest BCUT2D eigenvalue weighted by molar-refractivity contribution is 5.51. The molecule has 1 N–H and O–H groups in total. The van der Waals surface area contributed by atoms with Gasteiger partial charge in [0.25, 0.3) is 0 Å². The fourth-order valence-corrected chi connectivity index (χ4v) is 5.54. The zero-order chi connectivity index (χ0) is 24.2. The van der Waals surface area contributed by atoms with E-state index in [9.17, 15) is 5.11 Å². The van der Waals surface area contributed by atoms with Gasteiger partial charge in [0.1, 0.15) is 0 Å². The molecular formula is C29H39N3O2. The summed E-state index contributed by atoms with van der Waals surface area (Å²) in [4.78, 5) is 2.55. The number of ether oxygens (including phenoxy) is 1. The predicted molar refractivity (Wildman–Crippen MR) is 138 cm³/mol. The molecule has 2 heterocycles. The minimum absolute atomic E-state index is 0.0608. The van der Waals surface area contributed by atoms with E-state index in [1.807, 2.05) is 0 Å². The van der Waals surface area contributed by atoms with E-state index in [-0.39, 0.29) is 12.6 Å². The van der Waals surface area contributed by atoms with E-state index in [0.29, 0.717) is 13.2 Å². The van der Waals surface area contributed by atoms with Crippen molar-refractivity contribution in [3.05, 3.63) is 81.2 Å². The lowest BCUT2D eigenvalue weighted by Gasteiger charge is -2.37. The molecule has 5 heteroatoms. The first-order chi connectivity index (χ1) is 16.5. The molecule has 34 heavy (non-hydrogen) atoms. The van der Waals surface area contributed by atoms with Crippen LogP contribution >= 0.6 is 0 Å². The Morgan fingerprint density at radius 2 is 1.74 bits per heavy atom. The molecule has 5 nitrogen and oxygen atoms in total. The van der Waals surface area contributed by atoms with Gasteiger partial charge in [0, 0.05) is 30.4 Å². The van der Waals surface area contributed by atoms with E-state index in [0.717, 1.165) is 32.4 Å². The van der Waals surface area contributed by atoms with Crippen molar-refractivity contribution in [2.75, 3.05) is 19.8 Å². The average Bonchev–Trinajstić information content (AvgIpc) is 3.15. The Morgan fingerprint density at radius 1 is 1.03 bits per heavy atom. The number of benzene rings is 2. The third kappa shape index (κ3) is 4.97. The highest BCUT2D eigenvalue weighted by Gasteiger charge is 2.29. The SMILES string of the molecule is CCc1nn(-c2c(C)cc(C)cc2C)c(CC)c1CN1Cc2ccccc2CC1COCCO. The summed E-state index contributed by atoms with van der Waals surface area (Å²) in [5, 5.41) is 14.4. The van der Waals surface area contributed by atoms with E-state index in [1.54, 1.807) is 0 Å². The monoisotopic (exact) mass is 461 g/mol. The van der Waals surface area contributed by atoms with Crippen LogP contribution in [0.15, 0.2) is 36.4 Å². The summed E-state index contributed by atoms with van der Waals surface area (Å²) in [5.41, 5.74) is 11.7. The maximum atomic E-state index is 9.21. The quantitative estimate of drug-likeness (QED) is 0.463. The molecule has 4 rings (SSSR count). The highest BCUT2D eigenvalue weighted by atomic mass is 16.5. The Hall–Kier alpha value is -2.47. The summed E-state index contributed by atoms with van der Waals surface area (Å²) >= 11 is 0. The first kappa shape index (κ1) is 24.6. The summed E-state index contributed by atoms with van der Waals surface area (Å²) in [5.74, 6) is 0. The molecule has 1 aromatic heterocycles. The second-order valence-electron chi connectivity index (χ2n) is 9.57. The molecule has 3 aromatic rings. The van der Waals surface area contributed by atoms with Crippen molar-refractivity contribution in [2.45, 2.75) is 73.0 Å². The lowest BCUT2D eigenvalue weighted by molar-refractivity contribution is 0.0295. The van der Waals surface area contributed by atoms with Crippen molar-refractivity contribution in [1.29, 1.82) is 0 Å². The fourth-order valence-electron chi connectivity index (χ4n) is 5.54. The van der Waals surface area contributed by atoms with Crippen LogP contribution in [0.1, 0.15) is 58.6 Å². The second-order valence-corrected chi connectivity index (χ2v) is 9.57. The molecule has 0 saturated carbocycles. The number of aryl methyl sites for hydroxylation is 4. The van der Waals surface area contributed by atoms with Gasteiger partial charge in [0.05, 0.1) is 31.2 Å². The van der Waals surface area contributed by atoms with Gasteiger partial charge in [-0.05, 0) is 62.3 Å². The van der Waals surface area contributed by atoms with E-state index in [2.05, 4.69) is 80.6 Å². The summed E-state index contributed by atoms with van der Waals surface area (Å²) in [6.45, 7) is 13.8. The van der Waals surface area contributed by atoms with Gasteiger partial charge in [-0.2, -0.15) is 5.10 Å².